The monoisotopic (exact) mass is 397 g/mol. The summed E-state index contributed by atoms with van der Waals surface area (Å²) in [5.41, 5.74) is 1.82. The Morgan fingerprint density at radius 1 is 0.964 bits per heavy atom. The van der Waals surface area contributed by atoms with Crippen molar-refractivity contribution >= 4 is 34.7 Å². The van der Waals surface area contributed by atoms with E-state index in [1.54, 1.807) is 42.5 Å². The number of nitrogens with one attached hydrogen (secondary N) is 2. The fraction of sp³-hybridized carbons (Fsp3) is 0.0500. The van der Waals surface area contributed by atoms with Gasteiger partial charge in [-0.3, -0.25) is 10.1 Å². The summed E-state index contributed by atoms with van der Waals surface area (Å²) in [4.78, 5) is 22.3. The molecule has 3 aromatic carbocycles. The molecule has 8 heteroatoms. The van der Waals surface area contributed by atoms with E-state index < -0.39 is 11.0 Å². The quantitative estimate of drug-likeness (QED) is 0.408. The van der Waals surface area contributed by atoms with E-state index in [0.29, 0.717) is 27.9 Å². The number of ether oxygens (including phenoxy) is 1. The fourth-order valence-corrected chi connectivity index (χ4v) is 2.56. The number of benzene rings is 3. The molecule has 0 aliphatic carbocycles. The van der Waals surface area contributed by atoms with Gasteiger partial charge in [-0.1, -0.05) is 11.6 Å². The van der Waals surface area contributed by atoms with E-state index in [1.165, 1.54) is 24.3 Å². The summed E-state index contributed by atoms with van der Waals surface area (Å²) in [6.07, 6.45) is 0. The second-order valence-corrected chi connectivity index (χ2v) is 6.36. The van der Waals surface area contributed by atoms with E-state index in [2.05, 4.69) is 10.6 Å². The smallest absolute Gasteiger partial charge is 0.323 e. The number of halogens is 1. The van der Waals surface area contributed by atoms with E-state index >= 15 is 0 Å². The summed E-state index contributed by atoms with van der Waals surface area (Å²) in [5.74, 6) is 1.31. The zero-order chi connectivity index (χ0) is 20.1. The zero-order valence-electron chi connectivity index (χ0n) is 14.8. The molecule has 142 valence electrons. The number of urea groups is 1. The van der Waals surface area contributed by atoms with E-state index in [-0.39, 0.29) is 5.69 Å². The van der Waals surface area contributed by atoms with Crippen molar-refractivity contribution in [1.29, 1.82) is 0 Å². The number of anilines is 2. The SMILES string of the molecule is Cc1cc(NC(=O)Nc2ccc([N+](=O)[O-])cc2)ccc1Oc1ccc(Cl)cc1. The van der Waals surface area contributed by atoms with Gasteiger partial charge < -0.3 is 15.4 Å². The summed E-state index contributed by atoms with van der Waals surface area (Å²) < 4.78 is 5.81. The van der Waals surface area contributed by atoms with Gasteiger partial charge in [-0.25, -0.2) is 4.79 Å². The number of hydrogen-bond donors (Lipinski definition) is 2. The van der Waals surface area contributed by atoms with E-state index in [1.807, 2.05) is 6.92 Å². The Hall–Kier alpha value is -3.58. The van der Waals surface area contributed by atoms with Gasteiger partial charge in [-0.05, 0) is 67.1 Å². The first-order valence-corrected chi connectivity index (χ1v) is 8.65. The molecule has 0 aromatic heterocycles. The molecule has 0 bridgehead atoms. The highest BCUT2D eigenvalue weighted by Gasteiger charge is 2.08. The van der Waals surface area contributed by atoms with Crippen LogP contribution in [0.25, 0.3) is 0 Å². The second kappa shape index (κ2) is 8.41. The molecule has 0 fully saturated rings. The van der Waals surface area contributed by atoms with Crippen LogP contribution in [0.1, 0.15) is 5.56 Å². The number of nitro benzene ring substituents is 1. The minimum absolute atomic E-state index is 0.0436. The van der Waals surface area contributed by atoms with Gasteiger partial charge >= 0.3 is 6.03 Å². The van der Waals surface area contributed by atoms with Crippen molar-refractivity contribution in [2.24, 2.45) is 0 Å². The van der Waals surface area contributed by atoms with E-state index in [4.69, 9.17) is 16.3 Å². The van der Waals surface area contributed by atoms with E-state index in [9.17, 15) is 14.9 Å². The lowest BCUT2D eigenvalue weighted by atomic mass is 10.2. The third-order valence-electron chi connectivity index (χ3n) is 3.81. The molecule has 28 heavy (non-hydrogen) atoms. The summed E-state index contributed by atoms with van der Waals surface area (Å²) in [7, 11) is 0. The molecule has 0 heterocycles. The fourth-order valence-electron chi connectivity index (χ4n) is 2.43. The summed E-state index contributed by atoms with van der Waals surface area (Å²) in [6.45, 7) is 1.87. The summed E-state index contributed by atoms with van der Waals surface area (Å²) >= 11 is 5.86. The number of carbonyl (C=O) groups is 1. The Labute approximate surface area is 166 Å². The predicted molar refractivity (Wildman–Crippen MR) is 108 cm³/mol. The predicted octanol–water partition coefficient (Wildman–Crippen LogP) is 5.99. The van der Waals surface area contributed by atoms with Crippen LogP contribution in [0.2, 0.25) is 5.02 Å². The van der Waals surface area contributed by atoms with Crippen LogP contribution in [0.3, 0.4) is 0 Å². The Kier molecular flexibility index (Phi) is 5.76. The van der Waals surface area contributed by atoms with E-state index in [0.717, 1.165) is 5.56 Å². The number of aryl methyl sites for hydroxylation is 1. The van der Waals surface area contributed by atoms with Crippen LogP contribution in [0.15, 0.2) is 66.7 Å². The minimum Gasteiger partial charge on any atom is -0.457 e. The zero-order valence-corrected chi connectivity index (χ0v) is 15.6. The number of non-ortho nitro benzene ring substituents is 1. The number of carbonyl (C=O) groups excluding carboxylic acids is 1. The van der Waals surface area contributed by atoms with Crippen LogP contribution in [-0.4, -0.2) is 11.0 Å². The van der Waals surface area contributed by atoms with Crippen LogP contribution < -0.4 is 15.4 Å². The molecule has 2 amide bonds. The van der Waals surface area contributed by atoms with Crippen molar-refractivity contribution in [1.82, 2.24) is 0 Å². The van der Waals surface area contributed by atoms with Gasteiger partial charge in [0.1, 0.15) is 11.5 Å². The van der Waals surface area contributed by atoms with Gasteiger partial charge in [0.25, 0.3) is 5.69 Å². The van der Waals surface area contributed by atoms with Crippen LogP contribution in [0.4, 0.5) is 21.9 Å². The highest BCUT2D eigenvalue weighted by Crippen LogP contribution is 2.28. The van der Waals surface area contributed by atoms with Crippen LogP contribution in [-0.2, 0) is 0 Å². The lowest BCUT2D eigenvalue weighted by molar-refractivity contribution is -0.384. The summed E-state index contributed by atoms with van der Waals surface area (Å²) in [5, 5.41) is 16.6. The number of hydrogen-bond acceptors (Lipinski definition) is 4. The largest absolute Gasteiger partial charge is 0.457 e. The maximum absolute atomic E-state index is 12.1. The van der Waals surface area contributed by atoms with Gasteiger partial charge in [0, 0.05) is 28.5 Å². The first-order valence-electron chi connectivity index (χ1n) is 8.27. The van der Waals surface area contributed by atoms with Crippen molar-refractivity contribution in [3.8, 4) is 11.5 Å². The molecule has 3 rings (SSSR count). The first kappa shape index (κ1) is 19.2. The van der Waals surface area contributed by atoms with Crippen molar-refractivity contribution in [2.45, 2.75) is 6.92 Å². The number of rotatable bonds is 5. The molecule has 2 N–H and O–H groups in total. The van der Waals surface area contributed by atoms with Crippen molar-refractivity contribution in [3.63, 3.8) is 0 Å². The van der Waals surface area contributed by atoms with Gasteiger partial charge in [0.2, 0.25) is 0 Å². The van der Waals surface area contributed by atoms with Crippen LogP contribution >= 0.6 is 11.6 Å². The lowest BCUT2D eigenvalue weighted by Crippen LogP contribution is -2.19. The molecule has 7 nitrogen and oxygen atoms in total. The van der Waals surface area contributed by atoms with Crippen LogP contribution in [0.5, 0.6) is 11.5 Å². The molecule has 3 aromatic rings. The lowest BCUT2D eigenvalue weighted by Gasteiger charge is -2.12. The molecule has 0 aliphatic rings. The second-order valence-electron chi connectivity index (χ2n) is 5.92. The van der Waals surface area contributed by atoms with Crippen LogP contribution in [0, 0.1) is 17.0 Å². The maximum atomic E-state index is 12.1. The third-order valence-corrected chi connectivity index (χ3v) is 4.06. The van der Waals surface area contributed by atoms with Gasteiger partial charge in [0.05, 0.1) is 4.92 Å². The number of nitrogens with zero attached hydrogens (tertiary/aromatic N) is 1. The van der Waals surface area contributed by atoms with Crippen molar-refractivity contribution in [3.05, 3.63) is 87.4 Å². The molecule has 0 unspecified atom stereocenters. The molecule has 0 aliphatic heterocycles. The Morgan fingerprint density at radius 3 is 2.18 bits per heavy atom. The normalized spacial score (nSPS) is 10.2. The van der Waals surface area contributed by atoms with Crippen molar-refractivity contribution < 1.29 is 14.5 Å². The topological polar surface area (TPSA) is 93.5 Å². The third kappa shape index (κ3) is 4.99. The maximum Gasteiger partial charge on any atom is 0.323 e. The molecular weight excluding hydrogens is 382 g/mol. The molecule has 0 saturated heterocycles. The Morgan fingerprint density at radius 2 is 1.57 bits per heavy atom. The average molecular weight is 398 g/mol. The minimum atomic E-state index is -0.500. The van der Waals surface area contributed by atoms with Gasteiger partial charge in [-0.2, -0.15) is 0 Å². The highest BCUT2D eigenvalue weighted by atomic mass is 35.5. The molecular formula is C20H16ClN3O4. The number of amides is 2. The Bertz CT molecular complexity index is 1000. The molecule has 0 saturated carbocycles. The first-order chi connectivity index (χ1) is 13.4. The Balaban J connectivity index is 1.62. The number of nitro groups is 1. The van der Waals surface area contributed by atoms with Crippen molar-refractivity contribution in [2.75, 3.05) is 10.6 Å². The average Bonchev–Trinajstić information content (AvgIpc) is 2.66. The van der Waals surface area contributed by atoms with Gasteiger partial charge in [0.15, 0.2) is 0 Å². The van der Waals surface area contributed by atoms with Gasteiger partial charge in [-0.15, -0.1) is 0 Å². The standard InChI is InChI=1S/C20H16ClN3O4/c1-13-12-16(6-11-19(13)28-18-9-2-14(21)3-10-18)23-20(25)22-15-4-7-17(8-5-15)24(26)27/h2-12H,1H3,(H2,22,23,25). The summed E-state index contributed by atoms with van der Waals surface area (Å²) in [6, 6.07) is 17.4. The molecule has 0 atom stereocenters. The molecule has 0 spiro atoms. The highest BCUT2D eigenvalue weighted by molar-refractivity contribution is 6.30. The molecule has 0 radical (unpaired) electrons.